The van der Waals surface area contributed by atoms with Crippen LogP contribution in [0.2, 0.25) is 0 Å². The standard InChI is InChI=1S/C25H25N3O4S/c1-17-7-9-18(10-8-17)16-26-25(30)24(19-5-3-2-4-6-19)28-33(31,32)21-12-13-22-20(15-21)11-14-23(29)27-22/h2-10,12-13,15,24,28H,11,14,16H2,1H3,(H,26,30)(H,27,29). The number of hydrogen-bond donors (Lipinski definition) is 3. The zero-order chi connectivity index (χ0) is 23.4. The molecule has 7 nitrogen and oxygen atoms in total. The Morgan fingerprint density at radius 1 is 1.00 bits per heavy atom. The molecule has 8 heteroatoms. The highest BCUT2D eigenvalue weighted by molar-refractivity contribution is 7.89. The molecule has 0 aliphatic carbocycles. The van der Waals surface area contributed by atoms with Crippen molar-refractivity contribution in [2.45, 2.75) is 37.2 Å². The van der Waals surface area contributed by atoms with Crippen LogP contribution in [0.4, 0.5) is 5.69 Å². The predicted octanol–water partition coefficient (Wildman–Crippen LogP) is 3.22. The number of rotatable bonds is 7. The van der Waals surface area contributed by atoms with Gasteiger partial charge in [-0.3, -0.25) is 9.59 Å². The zero-order valence-corrected chi connectivity index (χ0v) is 19.0. The molecule has 4 rings (SSSR count). The van der Waals surface area contributed by atoms with E-state index < -0.39 is 22.0 Å². The van der Waals surface area contributed by atoms with Crippen LogP contribution >= 0.6 is 0 Å². The summed E-state index contributed by atoms with van der Waals surface area (Å²) in [6.45, 7) is 2.26. The van der Waals surface area contributed by atoms with Gasteiger partial charge in [-0.1, -0.05) is 60.2 Å². The summed E-state index contributed by atoms with van der Waals surface area (Å²) < 4.78 is 29.0. The van der Waals surface area contributed by atoms with Crippen molar-refractivity contribution < 1.29 is 18.0 Å². The van der Waals surface area contributed by atoms with Gasteiger partial charge in [-0.05, 0) is 48.2 Å². The van der Waals surface area contributed by atoms with E-state index in [4.69, 9.17) is 0 Å². The van der Waals surface area contributed by atoms with Crippen LogP contribution in [-0.4, -0.2) is 20.2 Å². The Balaban J connectivity index is 1.56. The van der Waals surface area contributed by atoms with Gasteiger partial charge < -0.3 is 10.6 Å². The van der Waals surface area contributed by atoms with E-state index in [0.717, 1.165) is 16.7 Å². The van der Waals surface area contributed by atoms with E-state index in [1.54, 1.807) is 42.5 Å². The molecular formula is C25H25N3O4S. The molecule has 170 valence electrons. The molecule has 2 amide bonds. The number of carbonyl (C=O) groups is 2. The summed E-state index contributed by atoms with van der Waals surface area (Å²) in [4.78, 5) is 24.7. The van der Waals surface area contributed by atoms with E-state index >= 15 is 0 Å². The van der Waals surface area contributed by atoms with E-state index in [0.29, 0.717) is 24.1 Å². The Bertz CT molecular complexity index is 1270. The molecule has 3 N–H and O–H groups in total. The molecule has 1 unspecified atom stereocenters. The van der Waals surface area contributed by atoms with Crippen LogP contribution in [0, 0.1) is 6.92 Å². The second kappa shape index (κ2) is 9.56. The van der Waals surface area contributed by atoms with Gasteiger partial charge in [0.05, 0.1) is 4.90 Å². The SMILES string of the molecule is Cc1ccc(CNC(=O)C(NS(=O)(=O)c2ccc3c(c2)CCC(=O)N3)c2ccccc2)cc1. The zero-order valence-electron chi connectivity index (χ0n) is 18.2. The van der Waals surface area contributed by atoms with Crippen LogP contribution in [0.5, 0.6) is 0 Å². The minimum Gasteiger partial charge on any atom is -0.350 e. The summed E-state index contributed by atoms with van der Waals surface area (Å²) in [5, 5.41) is 5.57. The van der Waals surface area contributed by atoms with Crippen LogP contribution in [0.15, 0.2) is 77.7 Å². The molecule has 1 atom stereocenters. The van der Waals surface area contributed by atoms with Gasteiger partial charge in [0, 0.05) is 18.7 Å². The van der Waals surface area contributed by atoms with Gasteiger partial charge in [0.15, 0.2) is 0 Å². The van der Waals surface area contributed by atoms with E-state index in [2.05, 4.69) is 15.4 Å². The highest BCUT2D eigenvalue weighted by Gasteiger charge is 2.28. The number of aryl methyl sites for hydroxylation is 2. The molecule has 1 aliphatic heterocycles. The van der Waals surface area contributed by atoms with Gasteiger partial charge in [-0.2, -0.15) is 4.72 Å². The van der Waals surface area contributed by atoms with Crippen LogP contribution in [0.1, 0.15) is 34.7 Å². The molecule has 3 aromatic carbocycles. The number of fused-ring (bicyclic) bond motifs is 1. The third kappa shape index (κ3) is 5.47. The molecule has 0 saturated heterocycles. The van der Waals surface area contributed by atoms with Gasteiger partial charge in [0.2, 0.25) is 21.8 Å². The smallest absolute Gasteiger partial charge is 0.243 e. The minimum atomic E-state index is -4.01. The average Bonchev–Trinajstić information content (AvgIpc) is 2.82. The summed E-state index contributed by atoms with van der Waals surface area (Å²) in [6, 6.07) is 19.9. The first kappa shape index (κ1) is 22.7. The summed E-state index contributed by atoms with van der Waals surface area (Å²) >= 11 is 0. The molecule has 0 aromatic heterocycles. The van der Waals surface area contributed by atoms with Crippen molar-refractivity contribution in [3.63, 3.8) is 0 Å². The van der Waals surface area contributed by atoms with Gasteiger partial charge in [-0.15, -0.1) is 0 Å². The first-order chi connectivity index (χ1) is 15.8. The average molecular weight is 464 g/mol. The third-order valence-electron chi connectivity index (χ3n) is 5.54. The fourth-order valence-electron chi connectivity index (χ4n) is 3.67. The van der Waals surface area contributed by atoms with Crippen molar-refractivity contribution in [1.29, 1.82) is 0 Å². The molecule has 0 bridgehead atoms. The minimum absolute atomic E-state index is 0.0460. The summed E-state index contributed by atoms with van der Waals surface area (Å²) in [6.07, 6.45) is 0.766. The predicted molar refractivity (Wildman–Crippen MR) is 126 cm³/mol. The lowest BCUT2D eigenvalue weighted by atomic mass is 10.0. The lowest BCUT2D eigenvalue weighted by Crippen LogP contribution is -2.40. The normalized spacial score (nSPS) is 14.2. The molecule has 0 radical (unpaired) electrons. The Morgan fingerprint density at radius 2 is 1.73 bits per heavy atom. The number of sulfonamides is 1. The van der Waals surface area contributed by atoms with Crippen molar-refractivity contribution in [3.8, 4) is 0 Å². The van der Waals surface area contributed by atoms with E-state index in [1.165, 1.54) is 6.07 Å². The lowest BCUT2D eigenvalue weighted by molar-refractivity contribution is -0.123. The highest BCUT2D eigenvalue weighted by Crippen LogP contribution is 2.26. The topological polar surface area (TPSA) is 104 Å². The van der Waals surface area contributed by atoms with Crippen molar-refractivity contribution in [3.05, 3.63) is 95.1 Å². The van der Waals surface area contributed by atoms with Crippen molar-refractivity contribution >= 4 is 27.5 Å². The largest absolute Gasteiger partial charge is 0.350 e. The van der Waals surface area contributed by atoms with E-state index in [1.807, 2.05) is 31.2 Å². The number of carbonyl (C=O) groups excluding carboxylic acids is 2. The summed E-state index contributed by atoms with van der Waals surface area (Å²) in [7, 11) is -4.01. The van der Waals surface area contributed by atoms with Gasteiger partial charge in [0.25, 0.3) is 0 Å². The number of nitrogens with one attached hydrogen (secondary N) is 3. The van der Waals surface area contributed by atoms with Gasteiger partial charge in [0.1, 0.15) is 6.04 Å². The van der Waals surface area contributed by atoms with Gasteiger partial charge in [-0.25, -0.2) is 8.42 Å². The fourth-order valence-corrected chi connectivity index (χ4v) is 4.90. The third-order valence-corrected chi connectivity index (χ3v) is 6.96. The second-order valence-electron chi connectivity index (χ2n) is 8.04. The van der Waals surface area contributed by atoms with Crippen LogP contribution < -0.4 is 15.4 Å². The quantitative estimate of drug-likeness (QED) is 0.500. The molecule has 1 heterocycles. The Kier molecular flexibility index (Phi) is 6.57. The first-order valence-electron chi connectivity index (χ1n) is 10.7. The number of hydrogen-bond acceptors (Lipinski definition) is 4. The highest BCUT2D eigenvalue weighted by atomic mass is 32.2. The van der Waals surface area contributed by atoms with Gasteiger partial charge >= 0.3 is 0 Å². The Morgan fingerprint density at radius 3 is 2.45 bits per heavy atom. The summed E-state index contributed by atoms with van der Waals surface area (Å²) in [5.74, 6) is -0.541. The Labute approximate surface area is 193 Å². The molecule has 0 saturated carbocycles. The maximum Gasteiger partial charge on any atom is 0.243 e. The molecule has 0 spiro atoms. The number of anilines is 1. The molecule has 3 aromatic rings. The summed E-state index contributed by atoms with van der Waals surface area (Å²) in [5.41, 5.74) is 3.93. The maximum absolute atomic E-state index is 13.2. The number of benzene rings is 3. The lowest BCUT2D eigenvalue weighted by Gasteiger charge is -2.21. The van der Waals surface area contributed by atoms with Crippen molar-refractivity contribution in [2.24, 2.45) is 0 Å². The second-order valence-corrected chi connectivity index (χ2v) is 9.75. The first-order valence-corrected chi connectivity index (χ1v) is 12.1. The van der Waals surface area contributed by atoms with E-state index in [9.17, 15) is 18.0 Å². The molecule has 1 aliphatic rings. The fraction of sp³-hybridized carbons (Fsp3) is 0.200. The maximum atomic E-state index is 13.2. The molecule has 33 heavy (non-hydrogen) atoms. The van der Waals surface area contributed by atoms with Crippen molar-refractivity contribution in [2.75, 3.05) is 5.32 Å². The monoisotopic (exact) mass is 463 g/mol. The molecule has 0 fully saturated rings. The van der Waals surface area contributed by atoms with Crippen LogP contribution in [0.25, 0.3) is 0 Å². The van der Waals surface area contributed by atoms with E-state index in [-0.39, 0.29) is 17.3 Å². The van der Waals surface area contributed by atoms with Crippen LogP contribution in [-0.2, 0) is 32.6 Å². The molecular weight excluding hydrogens is 438 g/mol. The number of amides is 2. The Hall–Kier alpha value is -3.49. The van der Waals surface area contributed by atoms with Crippen molar-refractivity contribution in [1.82, 2.24) is 10.0 Å². The van der Waals surface area contributed by atoms with Crippen LogP contribution in [0.3, 0.4) is 0 Å².